The number of amides is 1. The predicted molar refractivity (Wildman–Crippen MR) is 129 cm³/mol. The lowest BCUT2D eigenvalue weighted by Gasteiger charge is -2.35. The monoisotopic (exact) mass is 460 g/mol. The molecule has 1 aromatic carbocycles. The molecule has 34 heavy (non-hydrogen) atoms. The van der Waals surface area contributed by atoms with Gasteiger partial charge in [-0.2, -0.15) is 9.97 Å². The Morgan fingerprint density at radius 3 is 2.82 bits per heavy atom. The Morgan fingerprint density at radius 1 is 1.09 bits per heavy atom. The normalized spacial score (nSPS) is 24.1. The van der Waals surface area contributed by atoms with Crippen molar-refractivity contribution in [3.8, 4) is 11.3 Å². The fourth-order valence-electron chi connectivity index (χ4n) is 4.88. The Kier molecular flexibility index (Phi) is 5.30. The van der Waals surface area contributed by atoms with Gasteiger partial charge in [0, 0.05) is 31.3 Å². The van der Waals surface area contributed by atoms with E-state index in [1.165, 1.54) is 0 Å². The highest BCUT2D eigenvalue weighted by Crippen LogP contribution is 2.38. The van der Waals surface area contributed by atoms with Crippen molar-refractivity contribution >= 4 is 28.7 Å². The first-order chi connectivity index (χ1) is 16.6. The van der Waals surface area contributed by atoms with Crippen molar-refractivity contribution in [3.63, 3.8) is 0 Å². The number of aromatic nitrogens is 3. The van der Waals surface area contributed by atoms with Crippen LogP contribution in [0.2, 0.25) is 0 Å². The number of morpholine rings is 2. The lowest BCUT2D eigenvalue weighted by molar-refractivity contribution is 0.0962. The molecule has 0 bridgehead atoms. The van der Waals surface area contributed by atoms with Gasteiger partial charge in [-0.25, -0.2) is 4.98 Å². The molecular weight excluding hydrogens is 432 g/mol. The number of ether oxygens (including phenoxy) is 2. The summed E-state index contributed by atoms with van der Waals surface area (Å²) in [4.78, 5) is 31.6. The minimum absolute atomic E-state index is 0.123. The van der Waals surface area contributed by atoms with Gasteiger partial charge in [0.1, 0.15) is 5.82 Å². The fourth-order valence-corrected chi connectivity index (χ4v) is 4.88. The Hall–Kier alpha value is -3.30. The smallest absolute Gasteiger partial charge is 0.251 e. The summed E-state index contributed by atoms with van der Waals surface area (Å²) in [6, 6.07) is 12.1. The molecule has 3 aliphatic rings. The van der Waals surface area contributed by atoms with E-state index in [1.807, 2.05) is 30.3 Å². The molecule has 1 N–H and O–H groups in total. The molecule has 2 saturated heterocycles. The zero-order chi connectivity index (χ0) is 23.2. The molecule has 3 fully saturated rings. The summed E-state index contributed by atoms with van der Waals surface area (Å²) in [7, 11) is 1.63. The van der Waals surface area contributed by atoms with Crippen LogP contribution in [-0.4, -0.2) is 79.0 Å². The number of nitrogens with one attached hydrogen (secondary N) is 1. The molecule has 2 aliphatic heterocycles. The predicted octanol–water partition coefficient (Wildman–Crippen LogP) is 2.25. The average Bonchev–Trinajstić information content (AvgIpc) is 3.68. The SMILES string of the molecule is CNC(=O)c1cccc(-c2ccc3c(N4CCOC[C@@H]4C)nc(N4CCOC5C[C@H]54)nc3n2)c1. The van der Waals surface area contributed by atoms with Crippen LogP contribution in [0.4, 0.5) is 11.8 Å². The number of hydrogen-bond acceptors (Lipinski definition) is 8. The van der Waals surface area contributed by atoms with Gasteiger partial charge in [0.25, 0.3) is 5.91 Å². The second-order valence-corrected chi connectivity index (χ2v) is 9.10. The first-order valence-electron chi connectivity index (χ1n) is 11.9. The van der Waals surface area contributed by atoms with Crippen LogP contribution in [0.15, 0.2) is 36.4 Å². The lowest BCUT2D eigenvalue weighted by Crippen LogP contribution is -2.44. The van der Waals surface area contributed by atoms with E-state index in [9.17, 15) is 4.79 Å². The summed E-state index contributed by atoms with van der Waals surface area (Å²) in [6.45, 7) is 5.73. The minimum atomic E-state index is -0.123. The van der Waals surface area contributed by atoms with Crippen LogP contribution in [0.5, 0.6) is 0 Å². The Morgan fingerprint density at radius 2 is 1.97 bits per heavy atom. The van der Waals surface area contributed by atoms with Gasteiger partial charge >= 0.3 is 0 Å². The molecule has 0 radical (unpaired) electrons. The molecule has 1 amide bonds. The van der Waals surface area contributed by atoms with Crippen LogP contribution in [0.1, 0.15) is 23.7 Å². The van der Waals surface area contributed by atoms with Crippen molar-refractivity contribution in [1.29, 1.82) is 0 Å². The van der Waals surface area contributed by atoms with E-state index in [1.54, 1.807) is 13.1 Å². The van der Waals surface area contributed by atoms with Gasteiger partial charge in [-0.1, -0.05) is 12.1 Å². The lowest BCUT2D eigenvalue weighted by atomic mass is 10.1. The van der Waals surface area contributed by atoms with Gasteiger partial charge in [-0.15, -0.1) is 0 Å². The molecule has 9 heteroatoms. The average molecular weight is 461 g/mol. The number of rotatable bonds is 4. The number of carbonyl (C=O) groups is 1. The van der Waals surface area contributed by atoms with E-state index in [0.29, 0.717) is 43.0 Å². The van der Waals surface area contributed by atoms with Gasteiger partial charge in [-0.05, 0) is 37.6 Å². The summed E-state index contributed by atoms with van der Waals surface area (Å²) >= 11 is 0. The maximum atomic E-state index is 12.1. The third-order valence-corrected chi connectivity index (χ3v) is 6.84. The third kappa shape index (κ3) is 3.74. The zero-order valence-electron chi connectivity index (χ0n) is 19.4. The van der Waals surface area contributed by atoms with Crippen molar-refractivity contribution < 1.29 is 14.3 Å². The van der Waals surface area contributed by atoms with Gasteiger partial charge in [0.15, 0.2) is 5.65 Å². The summed E-state index contributed by atoms with van der Waals surface area (Å²) in [5.74, 6) is 1.49. The van der Waals surface area contributed by atoms with Crippen molar-refractivity contribution in [1.82, 2.24) is 20.3 Å². The van der Waals surface area contributed by atoms with Gasteiger partial charge in [0.05, 0.1) is 49.1 Å². The Labute approximate surface area is 198 Å². The highest BCUT2D eigenvalue weighted by atomic mass is 16.5. The molecule has 1 saturated carbocycles. The van der Waals surface area contributed by atoms with Crippen LogP contribution < -0.4 is 15.1 Å². The molecule has 4 heterocycles. The van der Waals surface area contributed by atoms with Crippen LogP contribution in [-0.2, 0) is 9.47 Å². The molecular formula is C25H28N6O3. The maximum absolute atomic E-state index is 12.1. The third-order valence-electron chi connectivity index (χ3n) is 6.84. The molecule has 6 rings (SSSR count). The number of fused-ring (bicyclic) bond motifs is 2. The molecule has 1 aliphatic carbocycles. The highest BCUT2D eigenvalue weighted by Gasteiger charge is 2.47. The van der Waals surface area contributed by atoms with Crippen molar-refractivity contribution in [2.45, 2.75) is 31.5 Å². The van der Waals surface area contributed by atoms with E-state index in [2.05, 4.69) is 22.0 Å². The largest absolute Gasteiger partial charge is 0.377 e. The van der Waals surface area contributed by atoms with E-state index in [-0.39, 0.29) is 18.1 Å². The summed E-state index contributed by atoms with van der Waals surface area (Å²) in [5, 5.41) is 3.60. The van der Waals surface area contributed by atoms with Gasteiger partial charge in [0.2, 0.25) is 5.95 Å². The Bertz CT molecular complexity index is 1250. The van der Waals surface area contributed by atoms with Crippen LogP contribution in [0.3, 0.4) is 0 Å². The Balaban J connectivity index is 1.46. The fraction of sp³-hybridized carbons (Fsp3) is 0.440. The summed E-state index contributed by atoms with van der Waals surface area (Å²) < 4.78 is 11.5. The van der Waals surface area contributed by atoms with E-state index >= 15 is 0 Å². The summed E-state index contributed by atoms with van der Waals surface area (Å²) in [5.41, 5.74) is 2.90. The molecule has 176 valence electrons. The van der Waals surface area contributed by atoms with Crippen LogP contribution in [0.25, 0.3) is 22.3 Å². The van der Waals surface area contributed by atoms with Crippen LogP contribution >= 0.6 is 0 Å². The van der Waals surface area contributed by atoms with Crippen molar-refractivity contribution in [2.75, 3.05) is 49.8 Å². The van der Waals surface area contributed by atoms with E-state index in [0.717, 1.165) is 42.0 Å². The molecule has 2 aromatic heterocycles. The topological polar surface area (TPSA) is 92.7 Å². The number of nitrogens with zero attached hydrogens (tertiary/aromatic N) is 5. The number of benzene rings is 1. The van der Waals surface area contributed by atoms with Crippen molar-refractivity contribution in [3.05, 3.63) is 42.0 Å². The highest BCUT2D eigenvalue weighted by molar-refractivity contribution is 5.95. The zero-order valence-corrected chi connectivity index (χ0v) is 19.4. The van der Waals surface area contributed by atoms with E-state index < -0.39 is 0 Å². The molecule has 0 spiro atoms. The first kappa shape index (κ1) is 21.2. The number of anilines is 2. The molecule has 1 unspecified atom stereocenters. The van der Waals surface area contributed by atoms with Gasteiger partial charge in [-0.3, -0.25) is 4.79 Å². The second kappa shape index (κ2) is 8.48. The maximum Gasteiger partial charge on any atom is 0.251 e. The molecule has 3 atom stereocenters. The first-order valence-corrected chi connectivity index (χ1v) is 11.9. The number of hydrogen-bond donors (Lipinski definition) is 1. The van der Waals surface area contributed by atoms with Crippen LogP contribution in [0, 0.1) is 0 Å². The minimum Gasteiger partial charge on any atom is -0.377 e. The van der Waals surface area contributed by atoms with E-state index in [4.69, 9.17) is 24.4 Å². The second-order valence-electron chi connectivity index (χ2n) is 9.10. The number of pyridine rings is 1. The standard InChI is InChI=1S/C25H28N6O3/c1-15-14-33-10-8-30(15)23-18-6-7-19(16-4-3-5-17(12-16)24(32)26-2)27-22(18)28-25(29-23)31-9-11-34-21-13-20(21)31/h3-7,12,15,20-21H,8-11,13-14H2,1-2H3,(H,26,32)/t15-,20+,21?/m0/s1. The molecule has 9 nitrogen and oxygen atoms in total. The molecule has 3 aromatic rings. The summed E-state index contributed by atoms with van der Waals surface area (Å²) in [6.07, 6.45) is 1.30. The quantitative estimate of drug-likeness (QED) is 0.634. The van der Waals surface area contributed by atoms with Crippen molar-refractivity contribution in [2.24, 2.45) is 0 Å². The number of carbonyl (C=O) groups excluding carboxylic acids is 1. The van der Waals surface area contributed by atoms with Gasteiger partial charge < -0.3 is 24.6 Å².